The van der Waals surface area contributed by atoms with Crippen LogP contribution in [-0.4, -0.2) is 31.7 Å². The molecule has 1 fully saturated rings. The van der Waals surface area contributed by atoms with Crippen molar-refractivity contribution in [2.75, 3.05) is 14.2 Å². The first-order valence-electron chi connectivity index (χ1n) is 7.46. The van der Waals surface area contributed by atoms with E-state index in [0.29, 0.717) is 22.7 Å². The van der Waals surface area contributed by atoms with Crippen LogP contribution in [0.5, 0.6) is 11.5 Å². The molecule has 6 heteroatoms. The van der Waals surface area contributed by atoms with E-state index < -0.39 is 0 Å². The van der Waals surface area contributed by atoms with Gasteiger partial charge in [0.1, 0.15) is 0 Å². The van der Waals surface area contributed by atoms with Crippen molar-refractivity contribution in [3.63, 3.8) is 0 Å². The van der Waals surface area contributed by atoms with E-state index in [9.17, 15) is 0 Å². The van der Waals surface area contributed by atoms with Crippen LogP contribution in [-0.2, 0) is 4.84 Å². The normalized spacial score (nSPS) is 15.5. The quantitative estimate of drug-likeness (QED) is 0.512. The molecule has 1 aliphatic rings. The number of thiocarbonyl (C=S) groups is 1. The third kappa shape index (κ3) is 4.87. The number of nitrogens with zero attached hydrogens (tertiary/aromatic N) is 1. The standard InChI is InChI=1S/C16H22N2O3S/c1-19-14-9-8-12(10-15(14)20-2)11-17-21-16(22)18-13-6-4-3-5-7-13/h8-11,13H,3-7H2,1-2H3,(H,18,22). The lowest BCUT2D eigenvalue weighted by Gasteiger charge is -2.22. The minimum Gasteiger partial charge on any atom is -0.493 e. The van der Waals surface area contributed by atoms with Gasteiger partial charge in [0, 0.05) is 11.6 Å². The Kier molecular flexibility index (Phi) is 6.45. The molecule has 0 bridgehead atoms. The first-order valence-corrected chi connectivity index (χ1v) is 7.86. The number of methoxy groups -OCH3 is 2. The van der Waals surface area contributed by atoms with Gasteiger partial charge in [0.2, 0.25) is 0 Å². The zero-order valence-corrected chi connectivity index (χ0v) is 13.8. The molecule has 120 valence electrons. The van der Waals surface area contributed by atoms with Crippen molar-refractivity contribution >= 4 is 23.6 Å². The van der Waals surface area contributed by atoms with Crippen molar-refractivity contribution in [3.8, 4) is 11.5 Å². The summed E-state index contributed by atoms with van der Waals surface area (Å²) in [6, 6.07) is 5.92. The number of ether oxygens (including phenoxy) is 2. The van der Waals surface area contributed by atoms with Gasteiger partial charge in [0.05, 0.1) is 20.4 Å². The molecule has 1 N–H and O–H groups in total. The lowest BCUT2D eigenvalue weighted by atomic mass is 9.96. The van der Waals surface area contributed by atoms with E-state index >= 15 is 0 Å². The number of nitrogens with one attached hydrogen (secondary N) is 1. The van der Waals surface area contributed by atoms with Gasteiger partial charge in [-0.25, -0.2) is 0 Å². The fourth-order valence-corrected chi connectivity index (χ4v) is 2.72. The summed E-state index contributed by atoms with van der Waals surface area (Å²) in [5.74, 6) is 1.32. The van der Waals surface area contributed by atoms with Crippen molar-refractivity contribution in [3.05, 3.63) is 23.8 Å². The monoisotopic (exact) mass is 322 g/mol. The van der Waals surface area contributed by atoms with Gasteiger partial charge in [-0.3, -0.25) is 0 Å². The Morgan fingerprint density at radius 3 is 2.59 bits per heavy atom. The maximum atomic E-state index is 5.24. The Balaban J connectivity index is 1.84. The SMILES string of the molecule is COc1ccc(C=NOC(=S)NC2CCCCC2)cc1OC. The molecule has 0 unspecified atom stereocenters. The third-order valence-corrected chi connectivity index (χ3v) is 3.86. The predicted molar refractivity (Wildman–Crippen MR) is 90.8 cm³/mol. The van der Waals surface area contributed by atoms with Crippen LogP contribution in [0.25, 0.3) is 0 Å². The molecule has 0 heterocycles. The molecule has 0 atom stereocenters. The molecule has 1 aliphatic carbocycles. The van der Waals surface area contributed by atoms with Gasteiger partial charge < -0.3 is 19.6 Å². The van der Waals surface area contributed by atoms with Crippen LogP contribution in [0, 0.1) is 0 Å². The average Bonchev–Trinajstić information content (AvgIpc) is 2.55. The van der Waals surface area contributed by atoms with Gasteiger partial charge in [-0.1, -0.05) is 24.4 Å². The van der Waals surface area contributed by atoms with Gasteiger partial charge in [-0.05, 0) is 43.3 Å². The molecule has 0 aliphatic heterocycles. The van der Waals surface area contributed by atoms with E-state index in [-0.39, 0.29) is 0 Å². The van der Waals surface area contributed by atoms with Gasteiger partial charge >= 0.3 is 0 Å². The van der Waals surface area contributed by atoms with Crippen molar-refractivity contribution in [2.45, 2.75) is 38.1 Å². The second-order valence-electron chi connectivity index (χ2n) is 5.21. The third-order valence-electron chi connectivity index (χ3n) is 3.67. The second-order valence-corrected chi connectivity index (χ2v) is 5.58. The zero-order chi connectivity index (χ0) is 15.8. The largest absolute Gasteiger partial charge is 0.493 e. The van der Waals surface area contributed by atoms with Crippen molar-refractivity contribution in [1.29, 1.82) is 0 Å². The highest BCUT2D eigenvalue weighted by Crippen LogP contribution is 2.26. The number of rotatable bonds is 5. The second kappa shape index (κ2) is 8.58. The van der Waals surface area contributed by atoms with E-state index in [1.165, 1.54) is 19.3 Å². The minimum absolute atomic E-state index is 0.323. The van der Waals surface area contributed by atoms with Crippen LogP contribution >= 0.6 is 12.2 Å². The topological polar surface area (TPSA) is 52.1 Å². The van der Waals surface area contributed by atoms with E-state index in [1.807, 2.05) is 18.2 Å². The number of oxime groups is 1. The van der Waals surface area contributed by atoms with E-state index in [4.69, 9.17) is 26.5 Å². The summed E-state index contributed by atoms with van der Waals surface area (Å²) in [7, 11) is 3.20. The molecule has 1 aromatic carbocycles. The summed E-state index contributed by atoms with van der Waals surface area (Å²) in [6.07, 6.45) is 7.68. The van der Waals surface area contributed by atoms with Gasteiger partial charge in [0.25, 0.3) is 5.17 Å². The highest BCUT2D eigenvalue weighted by Gasteiger charge is 2.14. The van der Waals surface area contributed by atoms with E-state index in [1.54, 1.807) is 20.4 Å². The number of benzene rings is 1. The molecule has 5 nitrogen and oxygen atoms in total. The van der Waals surface area contributed by atoms with Gasteiger partial charge in [-0.15, -0.1) is 0 Å². The molecule has 0 amide bonds. The van der Waals surface area contributed by atoms with Crippen molar-refractivity contribution < 1.29 is 14.3 Å². The Hall–Kier alpha value is -1.82. The number of hydrogen-bond acceptors (Lipinski definition) is 5. The lowest BCUT2D eigenvalue weighted by Crippen LogP contribution is -2.35. The molecule has 1 aromatic rings. The van der Waals surface area contributed by atoms with E-state index in [2.05, 4.69) is 10.5 Å². The highest BCUT2D eigenvalue weighted by atomic mass is 32.1. The Morgan fingerprint density at radius 2 is 1.91 bits per heavy atom. The summed E-state index contributed by atoms with van der Waals surface area (Å²) < 4.78 is 10.4. The lowest BCUT2D eigenvalue weighted by molar-refractivity contribution is 0.304. The molecule has 1 saturated carbocycles. The fourth-order valence-electron chi connectivity index (χ4n) is 2.51. The summed E-state index contributed by atoms with van der Waals surface area (Å²) in [6.45, 7) is 0. The fraction of sp³-hybridized carbons (Fsp3) is 0.500. The molecule has 0 spiro atoms. The number of hydrogen-bond donors (Lipinski definition) is 1. The molecular formula is C16H22N2O3S. The van der Waals surface area contributed by atoms with Crippen molar-refractivity contribution in [1.82, 2.24) is 5.32 Å². The van der Waals surface area contributed by atoms with Crippen molar-refractivity contribution in [2.24, 2.45) is 5.16 Å². The van der Waals surface area contributed by atoms with Crippen LogP contribution in [0.1, 0.15) is 37.7 Å². The average molecular weight is 322 g/mol. The highest BCUT2D eigenvalue weighted by molar-refractivity contribution is 7.80. The van der Waals surface area contributed by atoms with Gasteiger partial charge in [0.15, 0.2) is 11.5 Å². The Bertz CT molecular complexity index is 528. The summed E-state index contributed by atoms with van der Waals surface area (Å²) in [5.41, 5.74) is 0.845. The summed E-state index contributed by atoms with van der Waals surface area (Å²) >= 11 is 5.15. The summed E-state index contributed by atoms with van der Waals surface area (Å²) in [4.78, 5) is 5.20. The molecule has 0 saturated heterocycles. The van der Waals surface area contributed by atoms with Crippen LogP contribution < -0.4 is 14.8 Å². The van der Waals surface area contributed by atoms with Gasteiger partial charge in [-0.2, -0.15) is 0 Å². The van der Waals surface area contributed by atoms with E-state index in [0.717, 1.165) is 18.4 Å². The molecule has 0 aromatic heterocycles. The molecule has 2 rings (SSSR count). The Morgan fingerprint density at radius 1 is 1.18 bits per heavy atom. The maximum absolute atomic E-state index is 5.24. The first-order chi connectivity index (χ1) is 10.7. The molecular weight excluding hydrogens is 300 g/mol. The molecule has 0 radical (unpaired) electrons. The Labute approximate surface area is 136 Å². The summed E-state index contributed by atoms with van der Waals surface area (Å²) in [5, 5.41) is 7.43. The van der Waals surface area contributed by atoms with Crippen LogP contribution in [0.4, 0.5) is 0 Å². The van der Waals surface area contributed by atoms with Crippen LogP contribution in [0.2, 0.25) is 0 Å². The smallest absolute Gasteiger partial charge is 0.289 e. The van der Waals surface area contributed by atoms with Crippen LogP contribution in [0.3, 0.4) is 0 Å². The zero-order valence-electron chi connectivity index (χ0n) is 13.0. The van der Waals surface area contributed by atoms with Crippen LogP contribution in [0.15, 0.2) is 23.4 Å². The maximum Gasteiger partial charge on any atom is 0.289 e. The molecule has 22 heavy (non-hydrogen) atoms. The minimum atomic E-state index is 0.323. The first kappa shape index (κ1) is 16.5. The predicted octanol–water partition coefficient (Wildman–Crippen LogP) is 3.26.